The van der Waals surface area contributed by atoms with Crippen LogP contribution in [0, 0.1) is 5.92 Å². The van der Waals surface area contributed by atoms with E-state index >= 15 is 0 Å². The summed E-state index contributed by atoms with van der Waals surface area (Å²) in [5.41, 5.74) is 47.2. The standard InChI is InChI=1S/2C17H20N2O2.C17H26N2S2.C14H22N2O2.C11H16N2O/c18-17(11-15-7-3-1-4-8-15)12-19(14-20)21-13-16-9-5-2-6-10-16;18-16(11-14-7-3-1-4-8-14)12-17(20)19-21-13-15-9-5-2-6-10-15;1-3-14(2)9-16(18)11-20-13-21-12-17(19)10-15-7-5-4-6-8-15;1-12(2)8-14(15)9-16(11-17)18-10-13-6-4-3-5-7-13;1-13-11(14)8-10(12)7-9-5-3-2-4-6-9/h1-10,14,17H,11-13,18H2;1-10,16H,11-13,18H2,(H,19,20);3-8,16-17H,1-2,9-13,18-19H2;3-7,11-12,14H,8-10,15H2,1-2H3;2-6,10H,7-8,12H2,1H3,(H,13,14). The van der Waals surface area contributed by atoms with Crippen LogP contribution in [0.3, 0.4) is 0 Å². The summed E-state index contributed by atoms with van der Waals surface area (Å²) in [5.74, 6) is 2.25. The highest BCUT2D eigenvalue weighted by atomic mass is 32.2. The molecule has 7 rings (SSSR count). The van der Waals surface area contributed by atoms with E-state index in [2.05, 4.69) is 62.1 Å². The number of benzene rings is 7. The third kappa shape index (κ3) is 42.3. The number of nitrogens with zero attached hydrogens (tertiary/aromatic N) is 2. The molecule has 0 bridgehead atoms. The Balaban J connectivity index is 0.000000312. The van der Waals surface area contributed by atoms with Gasteiger partial charge in [-0.15, -0.1) is 23.5 Å². The Morgan fingerprint density at radius 3 is 1.14 bits per heavy atom. The fourth-order valence-electron chi connectivity index (χ4n) is 9.12. The smallest absolute Gasteiger partial charge is 0.245 e. The van der Waals surface area contributed by atoms with Crippen molar-refractivity contribution in [2.75, 3.05) is 36.7 Å². The summed E-state index contributed by atoms with van der Waals surface area (Å²) in [6, 6.07) is 69.2. The lowest BCUT2D eigenvalue weighted by Gasteiger charge is -2.22. The summed E-state index contributed by atoms with van der Waals surface area (Å²) >= 11 is 3.76. The summed E-state index contributed by atoms with van der Waals surface area (Å²) in [6.07, 6.45) is 8.53. The predicted octanol–water partition coefficient (Wildman–Crippen LogP) is 10.4. The first-order valence-corrected chi connectivity index (χ1v) is 34.4. The van der Waals surface area contributed by atoms with Crippen molar-refractivity contribution in [3.05, 3.63) is 276 Å². The van der Waals surface area contributed by atoms with E-state index in [4.69, 9.17) is 48.9 Å². The molecule has 19 heteroatoms. The van der Waals surface area contributed by atoms with E-state index in [0.29, 0.717) is 70.9 Å². The Kier molecular flexibility index (Phi) is 44.2. The fourth-order valence-corrected chi connectivity index (χ4v) is 11.2. The fraction of sp³-hybridized carbons (Fsp3) is 0.342. The van der Waals surface area contributed by atoms with Gasteiger partial charge in [-0.3, -0.25) is 33.7 Å². The number of carbonyl (C=O) groups is 4. The number of allylic oxidation sites excluding steroid dienone is 1. The molecule has 7 aromatic rings. The van der Waals surface area contributed by atoms with E-state index < -0.39 is 0 Å². The molecule has 6 atom stereocenters. The molecule has 14 N–H and O–H groups in total. The molecule has 0 heterocycles. The number of thioether (sulfide) groups is 2. The normalized spacial score (nSPS) is 12.4. The Morgan fingerprint density at radius 1 is 0.453 bits per heavy atom. The zero-order chi connectivity index (χ0) is 69.1. The molecule has 512 valence electrons. The minimum Gasteiger partial charge on any atom is -0.359 e. The lowest BCUT2D eigenvalue weighted by molar-refractivity contribution is -0.179. The van der Waals surface area contributed by atoms with Gasteiger partial charge in [-0.05, 0) is 83.4 Å². The zero-order valence-electron chi connectivity index (χ0n) is 55.7. The number of carbonyl (C=O) groups excluding carboxylic acids is 4. The maximum Gasteiger partial charge on any atom is 0.245 e. The third-order valence-corrected chi connectivity index (χ3v) is 16.4. The highest BCUT2D eigenvalue weighted by Gasteiger charge is 2.15. The largest absolute Gasteiger partial charge is 0.359 e. The van der Waals surface area contributed by atoms with Crippen molar-refractivity contribution in [3.63, 3.8) is 0 Å². The first kappa shape index (κ1) is 81.5. The molecule has 0 radical (unpaired) electrons. The molecule has 0 aliphatic rings. The molecule has 0 saturated heterocycles. The maximum atomic E-state index is 11.7. The van der Waals surface area contributed by atoms with E-state index in [0.717, 1.165) is 75.7 Å². The highest BCUT2D eigenvalue weighted by molar-refractivity contribution is 8.16. The minimum absolute atomic E-state index is 0.00608. The number of hydrogen-bond acceptors (Lipinski definition) is 15. The maximum absolute atomic E-state index is 11.7. The molecule has 6 unspecified atom stereocenters. The Morgan fingerprint density at radius 2 is 0.779 bits per heavy atom. The van der Waals surface area contributed by atoms with Gasteiger partial charge in [0, 0.05) is 72.7 Å². The first-order valence-electron chi connectivity index (χ1n) is 32.0. The second kappa shape index (κ2) is 51.6. The number of amides is 4. The Hall–Kier alpha value is -7.76. The van der Waals surface area contributed by atoms with Gasteiger partial charge in [0.05, 0.1) is 19.7 Å². The van der Waals surface area contributed by atoms with Crippen LogP contribution < -0.4 is 45.2 Å². The first-order chi connectivity index (χ1) is 46.0. The molecule has 0 fully saturated rings. The SMILES string of the molecule is C=CC(=C)CC(N)CSCSCC(N)Cc1ccccc1.CC(C)CC(N)CN(C=O)OCc1ccccc1.CNC(=O)CC(N)Cc1ccccc1.NC(CC(=O)NOCc1ccccc1)Cc1ccccc1.NC(Cc1ccccc1)CN(C=O)OCc1ccccc1. The van der Waals surface area contributed by atoms with Crippen molar-refractivity contribution in [3.8, 4) is 0 Å². The quantitative estimate of drug-likeness (QED) is 0.00587. The van der Waals surface area contributed by atoms with Crippen LogP contribution in [-0.2, 0) is 79.2 Å². The molecule has 7 aromatic carbocycles. The molecule has 0 aliphatic carbocycles. The van der Waals surface area contributed by atoms with Crippen LogP contribution in [0.15, 0.2) is 237 Å². The van der Waals surface area contributed by atoms with Crippen LogP contribution in [0.5, 0.6) is 0 Å². The number of nitrogens with one attached hydrogen (secondary N) is 2. The minimum atomic E-state index is -0.215. The molecular formula is C76H104N10O7S2. The van der Waals surface area contributed by atoms with Crippen molar-refractivity contribution in [1.82, 2.24) is 20.9 Å². The highest BCUT2D eigenvalue weighted by Crippen LogP contribution is 2.17. The van der Waals surface area contributed by atoms with E-state index in [1.54, 1.807) is 13.1 Å². The van der Waals surface area contributed by atoms with Crippen LogP contribution in [-0.4, -0.2) is 108 Å². The van der Waals surface area contributed by atoms with Crippen LogP contribution >= 0.6 is 23.5 Å². The molecule has 0 spiro atoms. The summed E-state index contributed by atoms with van der Waals surface area (Å²) in [5, 5.41) is 6.14. The van der Waals surface area contributed by atoms with Gasteiger partial charge < -0.3 is 39.7 Å². The Labute approximate surface area is 574 Å². The monoisotopic (exact) mass is 1330 g/mol. The van der Waals surface area contributed by atoms with Crippen molar-refractivity contribution < 1.29 is 33.7 Å². The molecule has 0 aliphatic heterocycles. The average Bonchev–Trinajstić information content (AvgIpc) is 3.47. The van der Waals surface area contributed by atoms with Gasteiger partial charge >= 0.3 is 0 Å². The molecule has 17 nitrogen and oxygen atoms in total. The molecule has 4 amide bonds. The van der Waals surface area contributed by atoms with Gasteiger partial charge in [0.25, 0.3) is 0 Å². The second-order valence-electron chi connectivity index (χ2n) is 23.2. The van der Waals surface area contributed by atoms with Crippen LogP contribution in [0.2, 0.25) is 0 Å². The lowest BCUT2D eigenvalue weighted by atomic mass is 10.0. The topological polar surface area (TPSA) is 283 Å². The Bertz CT molecular complexity index is 3080. The van der Waals surface area contributed by atoms with Crippen LogP contribution in [0.4, 0.5) is 0 Å². The zero-order valence-corrected chi connectivity index (χ0v) is 57.4. The summed E-state index contributed by atoms with van der Waals surface area (Å²) in [4.78, 5) is 60.8. The van der Waals surface area contributed by atoms with Crippen molar-refractivity contribution >= 4 is 48.2 Å². The second-order valence-corrected chi connectivity index (χ2v) is 25.6. The molecular weight excluding hydrogens is 1230 g/mol. The van der Waals surface area contributed by atoms with Crippen LogP contribution in [0.1, 0.15) is 78.5 Å². The van der Waals surface area contributed by atoms with Gasteiger partial charge in [0.2, 0.25) is 24.6 Å². The average molecular weight is 1330 g/mol. The third-order valence-electron chi connectivity index (χ3n) is 13.8. The van der Waals surface area contributed by atoms with Gasteiger partial charge in [-0.1, -0.05) is 251 Å². The number of nitrogens with two attached hydrogens (primary N) is 6. The van der Waals surface area contributed by atoms with E-state index in [1.165, 1.54) is 21.3 Å². The number of hydrogen-bond donors (Lipinski definition) is 8. The van der Waals surface area contributed by atoms with Crippen molar-refractivity contribution in [2.24, 2.45) is 40.3 Å². The lowest BCUT2D eigenvalue weighted by Crippen LogP contribution is -2.38. The van der Waals surface area contributed by atoms with Gasteiger partial charge in [0.15, 0.2) is 0 Å². The van der Waals surface area contributed by atoms with Gasteiger partial charge in [-0.25, -0.2) is 15.6 Å². The summed E-state index contributed by atoms with van der Waals surface area (Å²) < 4.78 is 0. The van der Waals surface area contributed by atoms with Crippen LogP contribution in [0.25, 0.3) is 0 Å². The van der Waals surface area contributed by atoms with E-state index in [9.17, 15) is 19.2 Å². The van der Waals surface area contributed by atoms with E-state index in [1.807, 2.05) is 212 Å². The molecule has 0 saturated carbocycles. The number of hydroxylamine groups is 5. The van der Waals surface area contributed by atoms with Gasteiger partial charge in [-0.2, -0.15) is 0 Å². The molecule has 95 heavy (non-hydrogen) atoms. The summed E-state index contributed by atoms with van der Waals surface area (Å²) in [6.45, 7) is 13.7. The molecule has 0 aromatic heterocycles. The van der Waals surface area contributed by atoms with Gasteiger partial charge in [0.1, 0.15) is 13.2 Å². The van der Waals surface area contributed by atoms with E-state index in [-0.39, 0.29) is 54.5 Å². The van der Waals surface area contributed by atoms with Crippen molar-refractivity contribution in [2.45, 2.75) is 121 Å². The predicted molar refractivity (Wildman–Crippen MR) is 392 cm³/mol. The summed E-state index contributed by atoms with van der Waals surface area (Å²) in [7, 11) is 1.62. The van der Waals surface area contributed by atoms with Crippen molar-refractivity contribution in [1.29, 1.82) is 0 Å². The number of rotatable bonds is 38.